The van der Waals surface area contributed by atoms with Gasteiger partial charge in [-0.15, -0.1) is 0 Å². The van der Waals surface area contributed by atoms with Gasteiger partial charge in [0.15, 0.2) is 5.41 Å². The van der Waals surface area contributed by atoms with Crippen LogP contribution in [0.5, 0.6) is 0 Å². The predicted octanol–water partition coefficient (Wildman–Crippen LogP) is 4.03. The van der Waals surface area contributed by atoms with Crippen LogP contribution in [0.4, 0.5) is 0 Å². The zero-order valence-corrected chi connectivity index (χ0v) is 15.1. The summed E-state index contributed by atoms with van der Waals surface area (Å²) in [6, 6.07) is 8.45. The first kappa shape index (κ1) is 19.1. The zero-order valence-electron chi connectivity index (χ0n) is 14.1. The zero-order chi connectivity index (χ0) is 16.3. The van der Waals surface area contributed by atoms with Crippen LogP contribution in [0.2, 0.25) is 0 Å². The van der Waals surface area contributed by atoms with Gasteiger partial charge in [0.2, 0.25) is 0 Å². The van der Waals surface area contributed by atoms with Gasteiger partial charge in [-0.25, -0.2) is 0 Å². The van der Waals surface area contributed by atoms with E-state index in [4.69, 9.17) is 13.9 Å². The first-order valence-electron chi connectivity index (χ1n) is 8.08. The van der Waals surface area contributed by atoms with E-state index in [9.17, 15) is 0 Å². The van der Waals surface area contributed by atoms with E-state index in [1.807, 2.05) is 19.9 Å². The standard InChI is InChI=1S/C18H28O3Si/c1-5-16-11-9-12-17(15-16)13-10-14-21-22-18(6-2,19-7-3)20-8-4/h5,9,11-12,15H,1,6-8,10,13-14H2,2-4H3. The lowest BCUT2D eigenvalue weighted by atomic mass is 10.1. The van der Waals surface area contributed by atoms with Crippen LogP contribution in [0.3, 0.4) is 0 Å². The number of hydrogen-bond donors (Lipinski definition) is 0. The van der Waals surface area contributed by atoms with Crippen LogP contribution in [0, 0.1) is 0 Å². The van der Waals surface area contributed by atoms with Gasteiger partial charge in [0.05, 0.1) is 0 Å². The van der Waals surface area contributed by atoms with Crippen LogP contribution >= 0.6 is 0 Å². The van der Waals surface area contributed by atoms with Crippen molar-refractivity contribution in [2.75, 3.05) is 19.8 Å². The Bertz CT molecular complexity index is 428. The van der Waals surface area contributed by atoms with Gasteiger partial charge in [0.1, 0.15) is 0 Å². The summed E-state index contributed by atoms with van der Waals surface area (Å²) >= 11 is 0. The van der Waals surface area contributed by atoms with E-state index in [1.165, 1.54) is 5.56 Å². The molecule has 0 heterocycles. The number of hydrogen-bond acceptors (Lipinski definition) is 3. The normalized spacial score (nSPS) is 11.6. The lowest BCUT2D eigenvalue weighted by molar-refractivity contribution is -0.183. The maximum atomic E-state index is 5.83. The lowest BCUT2D eigenvalue weighted by Crippen LogP contribution is -2.43. The van der Waals surface area contributed by atoms with Crippen molar-refractivity contribution < 1.29 is 13.9 Å². The Kier molecular flexibility index (Phi) is 9.32. The Morgan fingerprint density at radius 2 is 1.91 bits per heavy atom. The van der Waals surface area contributed by atoms with Crippen LogP contribution in [-0.4, -0.2) is 35.0 Å². The minimum absolute atomic E-state index is 0.212. The quantitative estimate of drug-likeness (QED) is 0.330. The Balaban J connectivity index is 2.34. The molecule has 0 bridgehead atoms. The van der Waals surface area contributed by atoms with Crippen LogP contribution in [0.1, 0.15) is 44.7 Å². The van der Waals surface area contributed by atoms with Gasteiger partial charge in [0.25, 0.3) is 0 Å². The molecular formula is C18H28O3Si. The molecule has 2 radical (unpaired) electrons. The molecule has 0 aromatic heterocycles. The van der Waals surface area contributed by atoms with Gasteiger partial charge in [-0.1, -0.05) is 43.8 Å². The van der Waals surface area contributed by atoms with Gasteiger partial charge in [-0.05, 0) is 44.2 Å². The van der Waals surface area contributed by atoms with Gasteiger partial charge in [-0.3, -0.25) is 0 Å². The number of benzene rings is 1. The third-order valence-corrected chi connectivity index (χ3v) is 4.65. The molecule has 0 spiro atoms. The minimum Gasteiger partial charge on any atom is -0.412 e. The minimum atomic E-state index is -0.563. The van der Waals surface area contributed by atoms with Gasteiger partial charge in [0, 0.05) is 19.8 Å². The Morgan fingerprint density at radius 1 is 1.18 bits per heavy atom. The second kappa shape index (κ2) is 10.7. The van der Waals surface area contributed by atoms with Crippen LogP contribution in [0.15, 0.2) is 30.8 Å². The Hall–Kier alpha value is -0.943. The molecule has 1 aromatic rings. The summed E-state index contributed by atoms with van der Waals surface area (Å²) in [5.74, 6) is 0. The summed E-state index contributed by atoms with van der Waals surface area (Å²) in [6.07, 6.45) is 4.68. The first-order valence-corrected chi connectivity index (χ1v) is 8.98. The maximum Gasteiger partial charge on any atom is 0.304 e. The van der Waals surface area contributed by atoms with Crippen molar-refractivity contribution in [3.63, 3.8) is 0 Å². The van der Waals surface area contributed by atoms with Gasteiger partial charge >= 0.3 is 9.76 Å². The summed E-state index contributed by atoms with van der Waals surface area (Å²) in [7, 11) is 0.212. The lowest BCUT2D eigenvalue weighted by Gasteiger charge is -2.30. The number of rotatable bonds is 12. The van der Waals surface area contributed by atoms with Crippen molar-refractivity contribution in [1.82, 2.24) is 0 Å². The summed E-state index contributed by atoms with van der Waals surface area (Å²) < 4.78 is 17.4. The molecule has 0 unspecified atom stereocenters. The van der Waals surface area contributed by atoms with Crippen molar-refractivity contribution in [3.8, 4) is 0 Å². The monoisotopic (exact) mass is 320 g/mol. The molecule has 0 aliphatic rings. The van der Waals surface area contributed by atoms with E-state index < -0.39 is 5.41 Å². The molecule has 122 valence electrons. The molecule has 0 amide bonds. The first-order chi connectivity index (χ1) is 10.7. The van der Waals surface area contributed by atoms with E-state index in [0.717, 1.165) is 31.4 Å². The Morgan fingerprint density at radius 3 is 2.50 bits per heavy atom. The Labute approximate surface area is 137 Å². The van der Waals surface area contributed by atoms with Gasteiger partial charge < -0.3 is 13.9 Å². The topological polar surface area (TPSA) is 27.7 Å². The van der Waals surface area contributed by atoms with Crippen molar-refractivity contribution in [3.05, 3.63) is 42.0 Å². The van der Waals surface area contributed by atoms with Crippen molar-refractivity contribution >= 4 is 15.8 Å². The molecule has 1 rings (SSSR count). The highest BCUT2D eigenvalue weighted by Gasteiger charge is 2.31. The van der Waals surface area contributed by atoms with Crippen molar-refractivity contribution in [2.24, 2.45) is 0 Å². The fraction of sp³-hybridized carbons (Fsp3) is 0.556. The molecule has 22 heavy (non-hydrogen) atoms. The SMILES string of the molecule is C=Cc1cccc(CCCO[Si]C(CC)(OCC)OCC)c1. The van der Waals surface area contributed by atoms with E-state index >= 15 is 0 Å². The van der Waals surface area contributed by atoms with Gasteiger partial charge in [-0.2, -0.15) is 0 Å². The molecule has 0 aliphatic carbocycles. The molecule has 4 heteroatoms. The van der Waals surface area contributed by atoms with E-state index in [1.54, 1.807) is 0 Å². The van der Waals surface area contributed by atoms with E-state index in [2.05, 4.69) is 37.8 Å². The predicted molar refractivity (Wildman–Crippen MR) is 92.8 cm³/mol. The molecule has 3 nitrogen and oxygen atoms in total. The second-order valence-electron chi connectivity index (χ2n) is 4.98. The largest absolute Gasteiger partial charge is 0.412 e. The number of ether oxygens (including phenoxy) is 2. The maximum absolute atomic E-state index is 5.83. The average Bonchev–Trinajstić information content (AvgIpc) is 2.55. The number of aryl methyl sites for hydroxylation is 1. The van der Waals surface area contributed by atoms with E-state index in [0.29, 0.717) is 13.2 Å². The van der Waals surface area contributed by atoms with Crippen molar-refractivity contribution in [1.29, 1.82) is 0 Å². The average molecular weight is 321 g/mol. The summed E-state index contributed by atoms with van der Waals surface area (Å²) in [4.78, 5) is 0. The van der Waals surface area contributed by atoms with Crippen LogP contribution in [0.25, 0.3) is 6.08 Å². The third-order valence-electron chi connectivity index (χ3n) is 3.35. The van der Waals surface area contributed by atoms with Crippen LogP contribution < -0.4 is 0 Å². The highest BCUT2D eigenvalue weighted by atomic mass is 28.2. The highest BCUT2D eigenvalue weighted by molar-refractivity contribution is 6.31. The summed E-state index contributed by atoms with van der Waals surface area (Å²) in [6.45, 7) is 11.8. The molecule has 0 saturated heterocycles. The molecule has 0 saturated carbocycles. The second-order valence-corrected chi connectivity index (χ2v) is 6.23. The molecule has 0 N–H and O–H groups in total. The molecular weight excluding hydrogens is 292 g/mol. The highest BCUT2D eigenvalue weighted by Crippen LogP contribution is 2.17. The van der Waals surface area contributed by atoms with E-state index in [-0.39, 0.29) is 9.76 Å². The summed E-state index contributed by atoms with van der Waals surface area (Å²) in [5.41, 5.74) is 1.92. The third kappa shape index (κ3) is 6.44. The fourth-order valence-electron chi connectivity index (χ4n) is 2.23. The molecule has 0 aliphatic heterocycles. The van der Waals surface area contributed by atoms with Crippen molar-refractivity contribution in [2.45, 2.75) is 45.4 Å². The molecule has 1 aromatic carbocycles. The summed E-state index contributed by atoms with van der Waals surface area (Å²) in [5, 5.41) is 0. The van der Waals surface area contributed by atoms with Crippen LogP contribution in [-0.2, 0) is 20.3 Å². The fourth-order valence-corrected chi connectivity index (χ4v) is 3.25. The smallest absolute Gasteiger partial charge is 0.304 e. The molecule has 0 fully saturated rings. The molecule has 0 atom stereocenters.